The molecular formula is C23H27F4N6O8P. The summed E-state index contributed by atoms with van der Waals surface area (Å²) in [5.41, 5.74) is 0.0677. The molecule has 2 aromatic heterocycles. The molecule has 1 aromatic carbocycles. The SMILES string of the molecule is CC(C)OC(=O)C(C)NP(=O)(OCC1(C(F)F)OC(n2cnc3c(=O)[nH]c(N)nc32)C(F)(F)C1O)Oc1ccccc1. The third-order valence-corrected chi connectivity index (χ3v) is 7.67. The molecule has 4 rings (SSSR count). The molecule has 1 aliphatic rings. The number of rotatable bonds is 11. The minimum Gasteiger partial charge on any atom is -0.462 e. The van der Waals surface area contributed by atoms with E-state index in [-0.39, 0.29) is 5.75 Å². The van der Waals surface area contributed by atoms with Crippen LogP contribution in [0.25, 0.3) is 11.2 Å². The molecule has 5 atom stereocenters. The number of aliphatic hydroxyl groups is 1. The van der Waals surface area contributed by atoms with Crippen molar-refractivity contribution < 1.29 is 50.5 Å². The van der Waals surface area contributed by atoms with Crippen molar-refractivity contribution in [3.8, 4) is 5.75 Å². The number of hydrogen-bond acceptors (Lipinski definition) is 11. The van der Waals surface area contributed by atoms with Crippen molar-refractivity contribution >= 4 is 30.8 Å². The zero-order valence-electron chi connectivity index (χ0n) is 22.2. The number of ether oxygens (including phenoxy) is 2. The summed E-state index contributed by atoms with van der Waals surface area (Å²) in [7, 11) is -4.84. The topological polar surface area (TPSA) is 193 Å². The van der Waals surface area contributed by atoms with Gasteiger partial charge in [-0.05, 0) is 32.9 Å². The maximum Gasteiger partial charge on any atom is 0.459 e. The van der Waals surface area contributed by atoms with E-state index in [1.165, 1.54) is 31.2 Å². The number of nitrogens with one attached hydrogen (secondary N) is 2. The Kier molecular flexibility index (Phi) is 8.67. The summed E-state index contributed by atoms with van der Waals surface area (Å²) in [5.74, 6) is -5.96. The highest BCUT2D eigenvalue weighted by Gasteiger charge is 2.71. The van der Waals surface area contributed by atoms with Crippen molar-refractivity contribution in [3.63, 3.8) is 0 Å². The Hall–Kier alpha value is -3.57. The Morgan fingerprint density at radius 1 is 1.29 bits per heavy atom. The monoisotopic (exact) mass is 622 g/mol. The highest BCUT2D eigenvalue weighted by molar-refractivity contribution is 7.52. The van der Waals surface area contributed by atoms with E-state index in [4.69, 9.17) is 24.3 Å². The Labute approximate surface area is 234 Å². The van der Waals surface area contributed by atoms with E-state index in [9.17, 15) is 28.0 Å². The standard InChI is InChI=1S/C23H27F4N6O8P/c1-11(2)39-17(35)12(3)32-42(37,41-13-7-5-4-6-8-13)38-9-22(19(24)25)18(36)23(26,27)20(40-22)33-10-29-14-15(33)30-21(28)31-16(14)34/h4-8,10-12,18-20,36H,9H2,1-3H3,(H,32,37)(H3,28,30,31,34). The van der Waals surface area contributed by atoms with Crippen LogP contribution in [-0.2, 0) is 23.4 Å². The number of H-pyrrole nitrogens is 1. The van der Waals surface area contributed by atoms with Gasteiger partial charge in [0.15, 0.2) is 22.9 Å². The summed E-state index contributed by atoms with van der Waals surface area (Å²) in [6.45, 7) is 2.69. The number of aliphatic hydroxyl groups excluding tert-OH is 1. The van der Waals surface area contributed by atoms with Gasteiger partial charge in [-0.25, -0.2) is 18.3 Å². The third kappa shape index (κ3) is 5.98. The van der Waals surface area contributed by atoms with Gasteiger partial charge in [-0.2, -0.15) is 18.9 Å². The molecule has 42 heavy (non-hydrogen) atoms. The zero-order valence-corrected chi connectivity index (χ0v) is 23.1. The summed E-state index contributed by atoms with van der Waals surface area (Å²) >= 11 is 0. The predicted molar refractivity (Wildman–Crippen MR) is 137 cm³/mol. The number of esters is 1. The molecule has 5 N–H and O–H groups in total. The number of carbonyl (C=O) groups excluding carboxylic acids is 1. The first-order valence-corrected chi connectivity index (χ1v) is 13.9. The molecule has 19 heteroatoms. The normalized spacial score (nSPS) is 24.1. The van der Waals surface area contributed by atoms with Crippen LogP contribution in [0, 0.1) is 0 Å². The van der Waals surface area contributed by atoms with Crippen molar-refractivity contribution in [2.75, 3.05) is 12.3 Å². The number of aromatic amines is 1. The van der Waals surface area contributed by atoms with E-state index in [0.717, 1.165) is 0 Å². The highest BCUT2D eigenvalue weighted by Crippen LogP contribution is 2.53. The quantitative estimate of drug-likeness (QED) is 0.139. The Morgan fingerprint density at radius 3 is 2.57 bits per heavy atom. The van der Waals surface area contributed by atoms with Crippen LogP contribution < -0.4 is 20.9 Å². The summed E-state index contributed by atoms with van der Waals surface area (Å²) in [6, 6.07) is 5.81. The van der Waals surface area contributed by atoms with Gasteiger partial charge >= 0.3 is 19.6 Å². The van der Waals surface area contributed by atoms with Gasteiger partial charge < -0.3 is 24.8 Å². The molecule has 3 aromatic rings. The largest absolute Gasteiger partial charge is 0.462 e. The molecule has 0 bridgehead atoms. The van der Waals surface area contributed by atoms with Crippen molar-refractivity contribution in [1.29, 1.82) is 0 Å². The molecule has 14 nitrogen and oxygen atoms in total. The number of fused-ring (bicyclic) bond motifs is 1. The second kappa shape index (κ2) is 11.6. The molecule has 3 heterocycles. The van der Waals surface area contributed by atoms with Crippen LogP contribution in [0.5, 0.6) is 5.75 Å². The number of nitrogens with two attached hydrogens (primary N) is 1. The summed E-state index contributed by atoms with van der Waals surface area (Å²) in [4.78, 5) is 33.9. The fourth-order valence-corrected chi connectivity index (χ4v) is 5.57. The van der Waals surface area contributed by atoms with Crippen LogP contribution in [-0.4, -0.2) is 73.4 Å². The van der Waals surface area contributed by atoms with E-state index in [0.29, 0.717) is 10.9 Å². The lowest BCUT2D eigenvalue weighted by Gasteiger charge is -2.32. The number of halogens is 4. The van der Waals surface area contributed by atoms with Crippen LogP contribution in [0.15, 0.2) is 41.5 Å². The Balaban J connectivity index is 1.68. The fraction of sp³-hybridized carbons (Fsp3) is 0.478. The van der Waals surface area contributed by atoms with Crippen molar-refractivity contribution in [2.45, 2.75) is 63.2 Å². The number of para-hydroxylation sites is 1. The molecule has 1 saturated heterocycles. The minimum absolute atomic E-state index is 0.0984. The van der Waals surface area contributed by atoms with Crippen LogP contribution in [0.3, 0.4) is 0 Å². The van der Waals surface area contributed by atoms with Gasteiger partial charge in [-0.3, -0.25) is 23.7 Å². The van der Waals surface area contributed by atoms with Gasteiger partial charge in [0.1, 0.15) is 11.8 Å². The first-order chi connectivity index (χ1) is 19.6. The molecule has 0 saturated carbocycles. The second-order valence-electron chi connectivity index (χ2n) is 9.59. The lowest BCUT2D eigenvalue weighted by atomic mass is 9.96. The van der Waals surface area contributed by atoms with Gasteiger partial charge in [0.05, 0.1) is 19.0 Å². The average Bonchev–Trinajstić information content (AvgIpc) is 3.40. The molecular weight excluding hydrogens is 595 g/mol. The zero-order chi connectivity index (χ0) is 31.0. The summed E-state index contributed by atoms with van der Waals surface area (Å²) in [5, 5.41) is 12.8. The minimum atomic E-state index is -4.84. The van der Waals surface area contributed by atoms with E-state index >= 15 is 8.78 Å². The van der Waals surface area contributed by atoms with Gasteiger partial charge in [0.2, 0.25) is 12.2 Å². The predicted octanol–water partition coefficient (Wildman–Crippen LogP) is 2.36. The smallest absolute Gasteiger partial charge is 0.459 e. The summed E-state index contributed by atoms with van der Waals surface area (Å²) in [6.07, 6.45) is -9.69. The van der Waals surface area contributed by atoms with E-state index in [2.05, 4.69) is 20.0 Å². The maximum atomic E-state index is 15.4. The molecule has 1 aliphatic heterocycles. The Bertz CT molecular complexity index is 1540. The number of benzene rings is 1. The van der Waals surface area contributed by atoms with Crippen LogP contribution in [0.4, 0.5) is 23.5 Å². The maximum absolute atomic E-state index is 15.4. The number of anilines is 1. The van der Waals surface area contributed by atoms with E-state index < -0.39 is 85.4 Å². The van der Waals surface area contributed by atoms with Gasteiger partial charge in [0, 0.05) is 0 Å². The lowest BCUT2D eigenvalue weighted by molar-refractivity contribution is -0.191. The molecule has 0 aliphatic carbocycles. The number of hydrogen-bond donors (Lipinski definition) is 4. The number of alkyl halides is 4. The lowest BCUT2D eigenvalue weighted by Crippen LogP contribution is -2.54. The molecule has 0 spiro atoms. The number of nitrogens with zero attached hydrogens (tertiary/aromatic N) is 3. The van der Waals surface area contributed by atoms with E-state index in [1.807, 2.05) is 0 Å². The number of nitrogen functional groups attached to an aromatic ring is 1. The summed E-state index contributed by atoms with van der Waals surface area (Å²) < 4.78 is 94.7. The number of imidazole rings is 1. The molecule has 0 radical (unpaired) electrons. The van der Waals surface area contributed by atoms with Crippen LogP contribution in [0.2, 0.25) is 0 Å². The second-order valence-corrected chi connectivity index (χ2v) is 11.3. The Morgan fingerprint density at radius 2 is 1.95 bits per heavy atom. The first-order valence-electron chi connectivity index (χ1n) is 12.3. The van der Waals surface area contributed by atoms with Crippen molar-refractivity contribution in [1.82, 2.24) is 24.6 Å². The molecule has 1 fully saturated rings. The number of carbonyl (C=O) groups is 1. The molecule has 0 amide bonds. The highest BCUT2D eigenvalue weighted by atomic mass is 31.2. The third-order valence-electron chi connectivity index (χ3n) is 6.05. The average molecular weight is 622 g/mol. The van der Waals surface area contributed by atoms with Gasteiger partial charge in [0.25, 0.3) is 12.0 Å². The fourth-order valence-electron chi connectivity index (χ4n) is 4.04. The van der Waals surface area contributed by atoms with Crippen molar-refractivity contribution in [2.24, 2.45) is 0 Å². The molecule has 5 unspecified atom stereocenters. The van der Waals surface area contributed by atoms with Crippen LogP contribution in [0.1, 0.15) is 27.0 Å². The molecule has 230 valence electrons. The van der Waals surface area contributed by atoms with Gasteiger partial charge in [-0.1, -0.05) is 18.2 Å². The first kappa shape index (κ1) is 31.4. The van der Waals surface area contributed by atoms with E-state index in [1.54, 1.807) is 19.9 Å². The van der Waals surface area contributed by atoms with Gasteiger partial charge in [-0.15, -0.1) is 0 Å². The van der Waals surface area contributed by atoms with Crippen LogP contribution >= 0.6 is 7.75 Å². The van der Waals surface area contributed by atoms with Crippen molar-refractivity contribution in [3.05, 3.63) is 47.0 Å². The number of aromatic nitrogens is 4.